The van der Waals surface area contributed by atoms with Gasteiger partial charge in [0.1, 0.15) is 5.78 Å². The topological polar surface area (TPSA) is 76.8 Å². The molecule has 0 aromatic carbocycles. The Morgan fingerprint density at radius 1 is 1.48 bits per heavy atom. The van der Waals surface area contributed by atoms with Crippen molar-refractivity contribution >= 4 is 33.8 Å². The molecule has 0 unspecified atom stereocenters. The second-order valence-electron chi connectivity index (χ2n) is 5.41. The summed E-state index contributed by atoms with van der Waals surface area (Å²) in [5, 5.41) is 4.31. The van der Waals surface area contributed by atoms with Crippen LogP contribution in [0.2, 0.25) is 0 Å². The van der Waals surface area contributed by atoms with Gasteiger partial charge in [0.05, 0.1) is 23.6 Å². The molecule has 7 nitrogen and oxygen atoms in total. The van der Waals surface area contributed by atoms with Gasteiger partial charge in [0.25, 0.3) is 5.56 Å². The van der Waals surface area contributed by atoms with Crippen LogP contribution in [-0.4, -0.2) is 57.8 Å². The second kappa shape index (κ2) is 7.08. The predicted octanol–water partition coefficient (Wildman–Crippen LogP) is 0.837. The van der Waals surface area contributed by atoms with Crippen molar-refractivity contribution in [3.05, 3.63) is 21.6 Å². The zero-order chi connectivity index (χ0) is 16.4. The highest BCUT2D eigenvalue weighted by Crippen LogP contribution is 2.24. The number of fused-ring (bicyclic) bond motifs is 2. The number of methoxy groups -OCH3 is 1. The highest BCUT2D eigenvalue weighted by Gasteiger charge is 2.23. The molecule has 1 aliphatic rings. The minimum absolute atomic E-state index is 0.0858. The van der Waals surface area contributed by atoms with Crippen molar-refractivity contribution in [2.45, 2.75) is 24.2 Å². The maximum absolute atomic E-state index is 12.7. The lowest BCUT2D eigenvalue weighted by atomic mass is 10.1. The Balaban J connectivity index is 1.89. The lowest BCUT2D eigenvalue weighted by Gasteiger charge is -2.26. The molecular formula is C14H18N4O3S2. The van der Waals surface area contributed by atoms with Crippen LogP contribution >= 0.6 is 23.1 Å². The van der Waals surface area contributed by atoms with E-state index in [2.05, 4.69) is 15.0 Å². The van der Waals surface area contributed by atoms with Crippen LogP contribution in [0.15, 0.2) is 9.13 Å². The predicted molar refractivity (Wildman–Crippen MR) is 89.4 cm³/mol. The number of Topliss-reactive ketones (excluding diaryl/α,β-unsaturated/α-hetero) is 1. The summed E-state index contributed by atoms with van der Waals surface area (Å²) in [6.07, 6.45) is 0.763. The van der Waals surface area contributed by atoms with Crippen LogP contribution in [0.1, 0.15) is 18.2 Å². The van der Waals surface area contributed by atoms with Crippen LogP contribution in [-0.2, 0) is 22.5 Å². The van der Waals surface area contributed by atoms with Crippen molar-refractivity contribution in [3.63, 3.8) is 0 Å². The van der Waals surface area contributed by atoms with Crippen LogP contribution in [0.5, 0.6) is 0 Å². The number of carbonyl (C=O) groups excluding carboxylic acids is 1. The van der Waals surface area contributed by atoms with Crippen LogP contribution in [0.3, 0.4) is 0 Å². The van der Waals surface area contributed by atoms with Crippen molar-refractivity contribution in [2.24, 2.45) is 0 Å². The number of carbonyl (C=O) groups is 1. The summed E-state index contributed by atoms with van der Waals surface area (Å²) in [7, 11) is 1.67. The van der Waals surface area contributed by atoms with Gasteiger partial charge in [0.15, 0.2) is 4.34 Å². The van der Waals surface area contributed by atoms with Gasteiger partial charge in [-0.1, -0.05) is 23.1 Å². The largest absolute Gasteiger partial charge is 0.383 e. The zero-order valence-electron chi connectivity index (χ0n) is 13.1. The van der Waals surface area contributed by atoms with Gasteiger partial charge >= 0.3 is 0 Å². The molecule has 0 saturated heterocycles. The number of hydrogen-bond acceptors (Lipinski definition) is 8. The highest BCUT2D eigenvalue weighted by atomic mass is 32.2. The lowest BCUT2D eigenvalue weighted by molar-refractivity contribution is -0.114. The molecule has 0 amide bonds. The minimum Gasteiger partial charge on any atom is -0.383 e. The molecule has 0 bridgehead atoms. The fourth-order valence-corrected chi connectivity index (χ4v) is 4.22. The van der Waals surface area contributed by atoms with E-state index in [4.69, 9.17) is 4.74 Å². The Morgan fingerprint density at radius 3 is 3.04 bits per heavy atom. The van der Waals surface area contributed by atoms with E-state index in [1.807, 2.05) is 0 Å². The maximum atomic E-state index is 12.7. The SMILES string of the molecule is COCCN1CCc2nc3sc(SCC(C)=O)nn3c(=O)c2C1. The summed E-state index contributed by atoms with van der Waals surface area (Å²) >= 11 is 2.71. The van der Waals surface area contributed by atoms with Crippen LogP contribution in [0.25, 0.3) is 4.96 Å². The minimum atomic E-state index is -0.0990. The third-order valence-corrected chi connectivity index (χ3v) is 5.81. The fourth-order valence-electron chi connectivity index (χ4n) is 2.47. The van der Waals surface area contributed by atoms with E-state index < -0.39 is 0 Å². The van der Waals surface area contributed by atoms with Gasteiger partial charge in [-0.15, -0.1) is 5.10 Å². The molecule has 0 radical (unpaired) electrons. The zero-order valence-corrected chi connectivity index (χ0v) is 14.7. The monoisotopic (exact) mass is 354 g/mol. The number of aromatic nitrogens is 3. The average Bonchev–Trinajstić information content (AvgIpc) is 2.95. The molecule has 3 rings (SSSR count). The van der Waals surface area contributed by atoms with Crippen LogP contribution in [0.4, 0.5) is 0 Å². The van der Waals surface area contributed by atoms with Crippen molar-refractivity contribution in [2.75, 3.05) is 32.6 Å². The Hall–Kier alpha value is -1.29. The first kappa shape index (κ1) is 16.6. The van der Waals surface area contributed by atoms with Gasteiger partial charge in [0, 0.05) is 33.2 Å². The summed E-state index contributed by atoms with van der Waals surface area (Å²) < 4.78 is 7.17. The van der Waals surface area contributed by atoms with E-state index in [9.17, 15) is 9.59 Å². The molecule has 124 valence electrons. The lowest BCUT2D eigenvalue weighted by Crippen LogP contribution is -2.38. The van der Waals surface area contributed by atoms with E-state index in [-0.39, 0.29) is 11.3 Å². The third-order valence-electron chi connectivity index (χ3n) is 3.63. The quantitative estimate of drug-likeness (QED) is 0.711. The molecule has 0 atom stereocenters. The summed E-state index contributed by atoms with van der Waals surface area (Å²) in [4.78, 5) is 31.2. The van der Waals surface area contributed by atoms with Gasteiger partial charge in [-0.2, -0.15) is 4.52 Å². The average molecular weight is 354 g/mol. The fraction of sp³-hybridized carbons (Fsp3) is 0.571. The van der Waals surface area contributed by atoms with Gasteiger partial charge < -0.3 is 4.74 Å². The van der Waals surface area contributed by atoms with Gasteiger partial charge in [-0.3, -0.25) is 14.5 Å². The molecule has 1 aliphatic heterocycles. The molecule has 3 heterocycles. The molecule has 0 aliphatic carbocycles. The number of thioether (sulfide) groups is 1. The summed E-state index contributed by atoms with van der Waals surface area (Å²) in [6, 6.07) is 0. The van der Waals surface area contributed by atoms with Crippen molar-refractivity contribution in [1.82, 2.24) is 19.5 Å². The summed E-state index contributed by atoms with van der Waals surface area (Å²) in [5.41, 5.74) is 1.49. The van der Waals surface area contributed by atoms with Gasteiger partial charge in [-0.25, -0.2) is 4.98 Å². The van der Waals surface area contributed by atoms with Crippen molar-refractivity contribution in [1.29, 1.82) is 0 Å². The molecular weight excluding hydrogens is 336 g/mol. The molecule has 2 aromatic heterocycles. The highest BCUT2D eigenvalue weighted by molar-refractivity contribution is 8.01. The van der Waals surface area contributed by atoms with E-state index in [0.29, 0.717) is 28.2 Å². The summed E-state index contributed by atoms with van der Waals surface area (Å²) in [6.45, 7) is 4.45. The standard InChI is InChI=1S/C14H18N4O3S2/c1-9(19)8-22-14-16-18-12(20)10-7-17(5-6-21-2)4-3-11(10)15-13(18)23-14/h3-8H2,1-2H3. The Bertz CT molecular complexity index is 786. The van der Waals surface area contributed by atoms with E-state index in [1.54, 1.807) is 7.11 Å². The van der Waals surface area contributed by atoms with Crippen LogP contribution < -0.4 is 5.56 Å². The van der Waals surface area contributed by atoms with E-state index >= 15 is 0 Å². The number of ketones is 1. The second-order valence-corrected chi connectivity index (χ2v) is 7.59. The number of hydrogen-bond donors (Lipinski definition) is 0. The maximum Gasteiger partial charge on any atom is 0.279 e. The Labute approximate surface area is 141 Å². The summed E-state index contributed by atoms with van der Waals surface area (Å²) in [5.74, 6) is 0.446. The molecule has 0 saturated carbocycles. The van der Waals surface area contributed by atoms with Crippen molar-refractivity contribution < 1.29 is 9.53 Å². The van der Waals surface area contributed by atoms with E-state index in [1.165, 1.54) is 34.5 Å². The molecule has 23 heavy (non-hydrogen) atoms. The molecule has 2 aromatic rings. The van der Waals surface area contributed by atoms with Crippen LogP contribution in [0, 0.1) is 0 Å². The number of rotatable bonds is 6. The Morgan fingerprint density at radius 2 is 2.30 bits per heavy atom. The normalized spacial score (nSPS) is 15.0. The first-order chi connectivity index (χ1) is 11.1. The van der Waals surface area contributed by atoms with Gasteiger partial charge in [0.2, 0.25) is 4.96 Å². The molecule has 9 heteroatoms. The Kier molecular flexibility index (Phi) is 5.10. The number of nitrogens with zero attached hydrogens (tertiary/aromatic N) is 4. The van der Waals surface area contributed by atoms with E-state index in [0.717, 1.165) is 30.8 Å². The van der Waals surface area contributed by atoms with Gasteiger partial charge in [-0.05, 0) is 6.92 Å². The molecule has 0 spiro atoms. The first-order valence-electron chi connectivity index (χ1n) is 7.33. The molecule has 0 fully saturated rings. The first-order valence-corrected chi connectivity index (χ1v) is 9.14. The smallest absolute Gasteiger partial charge is 0.279 e. The molecule has 0 N–H and O–H groups in total. The van der Waals surface area contributed by atoms with Crippen molar-refractivity contribution in [3.8, 4) is 0 Å². The number of ether oxygens (including phenoxy) is 1. The third kappa shape index (κ3) is 3.63.